The number of anilines is 1. The van der Waals surface area contributed by atoms with Gasteiger partial charge in [0, 0.05) is 22.7 Å². The molecule has 1 aliphatic carbocycles. The van der Waals surface area contributed by atoms with E-state index in [9.17, 15) is 4.79 Å². The maximum absolute atomic E-state index is 11.5. The average molecular weight is 407 g/mol. The van der Waals surface area contributed by atoms with Gasteiger partial charge < -0.3 is 4.42 Å². The van der Waals surface area contributed by atoms with Crippen molar-refractivity contribution in [1.29, 1.82) is 0 Å². The van der Waals surface area contributed by atoms with Gasteiger partial charge in [-0.3, -0.25) is 9.69 Å². The smallest absolute Gasteiger partial charge is 0.252 e. The van der Waals surface area contributed by atoms with E-state index >= 15 is 0 Å². The van der Waals surface area contributed by atoms with E-state index in [1.165, 1.54) is 11.2 Å². The van der Waals surface area contributed by atoms with Crippen LogP contribution in [0.1, 0.15) is 18.5 Å². The second-order valence-corrected chi connectivity index (χ2v) is 7.25. The lowest BCUT2D eigenvalue weighted by Crippen LogP contribution is -2.26. The Morgan fingerprint density at radius 1 is 1.21 bits per heavy atom. The molecule has 8 nitrogen and oxygen atoms in total. The van der Waals surface area contributed by atoms with Crippen molar-refractivity contribution < 1.29 is 9.21 Å². The number of aryl methyl sites for hydroxylation is 1. The Morgan fingerprint density at radius 2 is 2.07 bits per heavy atom. The van der Waals surface area contributed by atoms with Crippen LogP contribution in [-0.2, 0) is 4.79 Å². The number of nitrogens with zero attached hydrogens (tertiary/aromatic N) is 6. The van der Waals surface area contributed by atoms with Crippen LogP contribution in [0.25, 0.3) is 33.6 Å². The van der Waals surface area contributed by atoms with E-state index < -0.39 is 0 Å². The van der Waals surface area contributed by atoms with Gasteiger partial charge in [-0.2, -0.15) is 0 Å². The summed E-state index contributed by atoms with van der Waals surface area (Å²) in [6.07, 6.45) is 5.65. The first kappa shape index (κ1) is 17.7. The second kappa shape index (κ2) is 6.89. The molecule has 3 heterocycles. The van der Waals surface area contributed by atoms with Crippen LogP contribution in [-0.4, -0.2) is 37.6 Å². The van der Waals surface area contributed by atoms with Gasteiger partial charge in [0.05, 0.1) is 16.8 Å². The largest absolute Gasteiger partial charge is 0.463 e. The van der Waals surface area contributed by atoms with Crippen LogP contribution >= 0.6 is 11.6 Å². The van der Waals surface area contributed by atoms with E-state index in [4.69, 9.17) is 16.0 Å². The number of benzene rings is 1. The van der Waals surface area contributed by atoms with Gasteiger partial charge in [0.2, 0.25) is 6.41 Å². The zero-order valence-corrected chi connectivity index (χ0v) is 16.2. The lowest BCUT2D eigenvalue weighted by molar-refractivity contribution is -0.107. The summed E-state index contributed by atoms with van der Waals surface area (Å²) in [5.74, 6) is 0.777. The Bertz CT molecular complexity index is 1220. The van der Waals surface area contributed by atoms with E-state index in [0.29, 0.717) is 33.3 Å². The highest BCUT2D eigenvalue weighted by Crippen LogP contribution is 2.36. The predicted octanol–water partition coefficient (Wildman–Crippen LogP) is 3.83. The zero-order chi connectivity index (χ0) is 20.0. The molecular weight excluding hydrogens is 392 g/mol. The number of aromatic nitrogens is 5. The number of hydrogen-bond acceptors (Lipinski definition) is 7. The lowest BCUT2D eigenvalue weighted by Gasteiger charge is -2.15. The molecule has 0 radical (unpaired) electrons. The summed E-state index contributed by atoms with van der Waals surface area (Å²) >= 11 is 6.48. The van der Waals surface area contributed by atoms with E-state index in [1.807, 2.05) is 13.0 Å². The Hall–Kier alpha value is -3.39. The number of furan rings is 1. The summed E-state index contributed by atoms with van der Waals surface area (Å²) in [7, 11) is 0. The van der Waals surface area contributed by atoms with Crippen molar-refractivity contribution in [3.05, 3.63) is 47.6 Å². The van der Waals surface area contributed by atoms with E-state index in [2.05, 4.69) is 25.1 Å². The molecular formula is C20H15ClN6O2. The van der Waals surface area contributed by atoms with Crippen LogP contribution < -0.4 is 4.90 Å². The molecule has 0 atom stereocenters. The molecule has 9 heteroatoms. The van der Waals surface area contributed by atoms with E-state index in [1.54, 1.807) is 24.5 Å². The number of rotatable bonds is 5. The Kier molecular flexibility index (Phi) is 4.21. The lowest BCUT2D eigenvalue weighted by atomic mass is 10.0. The summed E-state index contributed by atoms with van der Waals surface area (Å²) in [6.45, 7) is 1.89. The van der Waals surface area contributed by atoms with Crippen molar-refractivity contribution >= 4 is 34.9 Å². The third kappa shape index (κ3) is 3.11. The molecule has 0 unspecified atom stereocenters. The minimum atomic E-state index is 0.125. The van der Waals surface area contributed by atoms with Crippen molar-refractivity contribution in [3.8, 4) is 22.7 Å². The molecule has 3 aromatic heterocycles. The molecule has 4 aromatic rings. The summed E-state index contributed by atoms with van der Waals surface area (Å²) < 4.78 is 5.57. The van der Waals surface area contributed by atoms with Crippen LogP contribution in [0.3, 0.4) is 0 Å². The molecule has 0 aliphatic heterocycles. The maximum atomic E-state index is 11.5. The number of fused-ring (bicyclic) bond motifs is 1. The third-order valence-corrected chi connectivity index (χ3v) is 5.17. The van der Waals surface area contributed by atoms with Gasteiger partial charge in [0.15, 0.2) is 5.76 Å². The molecule has 0 N–H and O–H groups in total. The summed E-state index contributed by atoms with van der Waals surface area (Å²) in [5.41, 5.74) is 3.16. The van der Waals surface area contributed by atoms with Crippen molar-refractivity contribution in [1.82, 2.24) is 25.1 Å². The minimum absolute atomic E-state index is 0.125. The van der Waals surface area contributed by atoms with Crippen molar-refractivity contribution in [3.63, 3.8) is 0 Å². The topological polar surface area (TPSA) is 97.9 Å². The summed E-state index contributed by atoms with van der Waals surface area (Å²) in [4.78, 5) is 26.2. The number of halogens is 1. The van der Waals surface area contributed by atoms with Crippen LogP contribution in [0.5, 0.6) is 0 Å². The molecule has 1 fully saturated rings. The third-order valence-electron chi connectivity index (χ3n) is 4.88. The first-order chi connectivity index (χ1) is 14.2. The maximum Gasteiger partial charge on any atom is 0.252 e. The SMILES string of the molecule is Cc1ncnc2c(Cl)cc(-c3nnc(N(C=O)C4CC4)nc3-c3ccco3)cc12. The zero-order valence-electron chi connectivity index (χ0n) is 15.4. The number of carbonyl (C=O) groups excluding carboxylic acids is 1. The Morgan fingerprint density at radius 3 is 2.79 bits per heavy atom. The molecule has 5 rings (SSSR count). The van der Waals surface area contributed by atoms with Crippen LogP contribution in [0.15, 0.2) is 41.3 Å². The number of amides is 1. The standard InChI is InChI=1S/C20H15ClN6O2/c1-11-14-7-12(8-15(21)18(14)23-9-22-11)17-19(16-3-2-6-29-16)24-20(26-25-17)27(10-28)13-4-5-13/h2-3,6-10,13H,4-5H2,1H3. The monoisotopic (exact) mass is 406 g/mol. The van der Waals surface area contributed by atoms with Crippen molar-refractivity contribution in [2.24, 2.45) is 0 Å². The van der Waals surface area contributed by atoms with Crippen LogP contribution in [0.2, 0.25) is 5.02 Å². The van der Waals surface area contributed by atoms with Crippen molar-refractivity contribution in [2.75, 3.05) is 4.90 Å². The van der Waals surface area contributed by atoms with Crippen LogP contribution in [0.4, 0.5) is 5.95 Å². The highest BCUT2D eigenvalue weighted by atomic mass is 35.5. The molecule has 29 heavy (non-hydrogen) atoms. The van der Waals surface area contributed by atoms with Gasteiger partial charge in [-0.25, -0.2) is 15.0 Å². The second-order valence-electron chi connectivity index (χ2n) is 6.84. The number of hydrogen-bond donors (Lipinski definition) is 0. The molecule has 1 saturated carbocycles. The van der Waals surface area contributed by atoms with Gasteiger partial charge in [0.1, 0.15) is 17.7 Å². The molecule has 0 spiro atoms. The fraction of sp³-hybridized carbons (Fsp3) is 0.200. The fourth-order valence-electron chi connectivity index (χ4n) is 3.24. The minimum Gasteiger partial charge on any atom is -0.463 e. The molecule has 0 saturated heterocycles. The van der Waals surface area contributed by atoms with Gasteiger partial charge in [-0.1, -0.05) is 11.6 Å². The van der Waals surface area contributed by atoms with E-state index in [-0.39, 0.29) is 12.0 Å². The fourth-order valence-corrected chi connectivity index (χ4v) is 3.51. The van der Waals surface area contributed by atoms with Crippen LogP contribution in [0, 0.1) is 6.92 Å². The molecule has 1 aliphatic rings. The average Bonchev–Trinajstić information content (AvgIpc) is 3.41. The van der Waals surface area contributed by atoms with Gasteiger partial charge in [0.25, 0.3) is 5.95 Å². The van der Waals surface area contributed by atoms with E-state index in [0.717, 1.165) is 30.3 Å². The normalized spacial score (nSPS) is 13.6. The molecule has 0 bridgehead atoms. The van der Waals surface area contributed by atoms with Crippen molar-refractivity contribution in [2.45, 2.75) is 25.8 Å². The van der Waals surface area contributed by atoms with Gasteiger partial charge in [-0.15, -0.1) is 10.2 Å². The quantitative estimate of drug-likeness (QED) is 0.464. The van der Waals surface area contributed by atoms with Gasteiger partial charge in [-0.05, 0) is 44.0 Å². The Labute approximate surface area is 170 Å². The Balaban J connectivity index is 1.71. The number of carbonyl (C=O) groups is 1. The molecule has 1 aromatic carbocycles. The first-order valence-corrected chi connectivity index (χ1v) is 9.47. The first-order valence-electron chi connectivity index (χ1n) is 9.09. The highest BCUT2D eigenvalue weighted by molar-refractivity contribution is 6.35. The van der Waals surface area contributed by atoms with Gasteiger partial charge >= 0.3 is 0 Å². The summed E-state index contributed by atoms with van der Waals surface area (Å²) in [5, 5.41) is 9.89. The summed E-state index contributed by atoms with van der Waals surface area (Å²) in [6, 6.07) is 7.36. The predicted molar refractivity (Wildman–Crippen MR) is 107 cm³/mol. The molecule has 1 amide bonds. The molecule has 144 valence electrons. The highest BCUT2D eigenvalue weighted by Gasteiger charge is 2.32.